The first-order chi connectivity index (χ1) is 5.31. The Bertz CT molecular complexity index is 109. The van der Waals surface area contributed by atoms with Crippen molar-refractivity contribution >= 4 is 17.3 Å². The van der Waals surface area contributed by atoms with Crippen molar-refractivity contribution in [3.63, 3.8) is 0 Å². The van der Waals surface area contributed by atoms with Gasteiger partial charge in [-0.05, 0) is 25.6 Å². The van der Waals surface area contributed by atoms with Crippen LogP contribution in [0, 0.1) is 0 Å². The predicted octanol–water partition coefficient (Wildman–Crippen LogP) is 0.507. The Morgan fingerprint density at radius 2 is 2.27 bits per heavy atom. The molecule has 11 heavy (non-hydrogen) atoms. The highest BCUT2D eigenvalue weighted by Crippen LogP contribution is 1.79. The third-order valence-corrected chi connectivity index (χ3v) is 1.53. The lowest BCUT2D eigenvalue weighted by Crippen LogP contribution is -2.33. The van der Waals surface area contributed by atoms with Gasteiger partial charge in [0.15, 0.2) is 5.11 Å². The van der Waals surface area contributed by atoms with Gasteiger partial charge in [-0.15, -0.1) is 0 Å². The lowest BCUT2D eigenvalue weighted by Gasteiger charge is -2.05. The van der Waals surface area contributed by atoms with Crippen LogP contribution in [0.5, 0.6) is 0 Å². The molecule has 0 amide bonds. The molecule has 0 bridgehead atoms. The van der Waals surface area contributed by atoms with Crippen molar-refractivity contribution in [2.75, 3.05) is 26.8 Å². The van der Waals surface area contributed by atoms with E-state index in [0.29, 0.717) is 5.11 Å². The highest BCUT2D eigenvalue weighted by atomic mass is 32.1. The third kappa shape index (κ3) is 7.55. The second-order valence-corrected chi connectivity index (χ2v) is 2.46. The summed E-state index contributed by atoms with van der Waals surface area (Å²) in [5.74, 6) is 0. The van der Waals surface area contributed by atoms with Crippen molar-refractivity contribution in [1.29, 1.82) is 0 Å². The van der Waals surface area contributed by atoms with Crippen molar-refractivity contribution in [2.24, 2.45) is 0 Å². The molecule has 0 saturated carbocycles. The summed E-state index contributed by atoms with van der Waals surface area (Å²) < 4.78 is 5.15. The summed E-state index contributed by atoms with van der Waals surface area (Å²) in [6.45, 7) is 4.46. The predicted molar refractivity (Wildman–Crippen MR) is 50.8 cm³/mol. The molecule has 2 N–H and O–H groups in total. The zero-order chi connectivity index (χ0) is 8.53. The maximum absolute atomic E-state index is 5.15. The van der Waals surface area contributed by atoms with Gasteiger partial charge in [-0.1, -0.05) is 0 Å². The van der Waals surface area contributed by atoms with Crippen LogP contribution in [-0.4, -0.2) is 31.9 Å². The zero-order valence-corrected chi connectivity index (χ0v) is 7.96. The van der Waals surface area contributed by atoms with Crippen LogP contribution in [0.15, 0.2) is 0 Å². The standard InChI is InChI=1S/C7H16N2OS/c1-3-10-6-4-5-9-7(11)8-2/h3-6H2,1-2H3,(H2,8,9,11). The molecule has 0 atom stereocenters. The Morgan fingerprint density at radius 1 is 1.55 bits per heavy atom. The van der Waals surface area contributed by atoms with Crippen molar-refractivity contribution in [2.45, 2.75) is 13.3 Å². The van der Waals surface area contributed by atoms with Gasteiger partial charge in [-0.2, -0.15) is 0 Å². The molecule has 0 aliphatic rings. The molecular formula is C7H16N2OS. The topological polar surface area (TPSA) is 33.3 Å². The number of hydrogen-bond acceptors (Lipinski definition) is 2. The van der Waals surface area contributed by atoms with Crippen LogP contribution in [0.3, 0.4) is 0 Å². The molecule has 0 rings (SSSR count). The van der Waals surface area contributed by atoms with E-state index in [0.717, 1.165) is 26.2 Å². The fourth-order valence-corrected chi connectivity index (χ4v) is 0.711. The number of hydrogen-bond donors (Lipinski definition) is 2. The molecule has 4 heteroatoms. The van der Waals surface area contributed by atoms with E-state index in [2.05, 4.69) is 10.6 Å². The van der Waals surface area contributed by atoms with Gasteiger partial charge >= 0.3 is 0 Å². The minimum absolute atomic E-state index is 0.696. The maximum Gasteiger partial charge on any atom is 0.166 e. The Kier molecular flexibility index (Phi) is 7.51. The van der Waals surface area contributed by atoms with E-state index in [1.165, 1.54) is 0 Å². The Morgan fingerprint density at radius 3 is 2.82 bits per heavy atom. The summed E-state index contributed by atoms with van der Waals surface area (Å²) in [6, 6.07) is 0. The summed E-state index contributed by atoms with van der Waals surface area (Å²) in [7, 11) is 1.80. The Hall–Kier alpha value is -0.350. The normalized spacial score (nSPS) is 9.27. The number of thiocarbonyl (C=S) groups is 1. The number of ether oxygens (including phenoxy) is 1. The number of nitrogens with one attached hydrogen (secondary N) is 2. The minimum Gasteiger partial charge on any atom is -0.382 e. The molecule has 0 fully saturated rings. The smallest absolute Gasteiger partial charge is 0.166 e. The fourth-order valence-electron chi connectivity index (χ4n) is 0.609. The van der Waals surface area contributed by atoms with Crippen LogP contribution >= 0.6 is 12.2 Å². The molecule has 0 aliphatic heterocycles. The van der Waals surface area contributed by atoms with Crippen LogP contribution in [0.1, 0.15) is 13.3 Å². The van der Waals surface area contributed by atoms with E-state index < -0.39 is 0 Å². The Labute approximate surface area is 73.5 Å². The lowest BCUT2D eigenvalue weighted by molar-refractivity contribution is 0.146. The largest absolute Gasteiger partial charge is 0.382 e. The summed E-state index contributed by atoms with van der Waals surface area (Å²) in [6.07, 6.45) is 0.996. The van der Waals surface area contributed by atoms with Crippen molar-refractivity contribution < 1.29 is 4.74 Å². The van der Waals surface area contributed by atoms with Crippen LogP contribution in [-0.2, 0) is 4.74 Å². The lowest BCUT2D eigenvalue weighted by atomic mass is 10.4. The molecule has 0 aromatic rings. The van der Waals surface area contributed by atoms with Crippen LogP contribution in [0.2, 0.25) is 0 Å². The maximum atomic E-state index is 5.15. The second kappa shape index (κ2) is 7.75. The summed E-state index contributed by atoms with van der Waals surface area (Å²) in [5, 5.41) is 6.56. The first-order valence-electron chi connectivity index (χ1n) is 3.84. The molecule has 0 unspecified atom stereocenters. The molecule has 66 valence electrons. The van der Waals surface area contributed by atoms with E-state index in [9.17, 15) is 0 Å². The van der Waals surface area contributed by atoms with E-state index in [1.807, 2.05) is 6.92 Å². The van der Waals surface area contributed by atoms with Gasteiger partial charge in [0, 0.05) is 26.8 Å². The first kappa shape index (κ1) is 10.7. The summed E-state index contributed by atoms with van der Waals surface area (Å²) in [5.41, 5.74) is 0. The molecule has 0 saturated heterocycles. The molecule has 0 aromatic carbocycles. The van der Waals surface area contributed by atoms with E-state index in [4.69, 9.17) is 17.0 Å². The molecular weight excluding hydrogens is 160 g/mol. The average Bonchev–Trinajstić information content (AvgIpc) is 2.04. The molecule has 0 spiro atoms. The molecule has 0 aromatic heterocycles. The van der Waals surface area contributed by atoms with Gasteiger partial charge < -0.3 is 15.4 Å². The highest BCUT2D eigenvalue weighted by molar-refractivity contribution is 7.80. The van der Waals surface area contributed by atoms with Crippen molar-refractivity contribution in [1.82, 2.24) is 10.6 Å². The van der Waals surface area contributed by atoms with Crippen molar-refractivity contribution in [3.05, 3.63) is 0 Å². The third-order valence-electron chi connectivity index (χ3n) is 1.18. The van der Waals surface area contributed by atoms with Gasteiger partial charge in [0.1, 0.15) is 0 Å². The van der Waals surface area contributed by atoms with Crippen molar-refractivity contribution in [3.8, 4) is 0 Å². The second-order valence-electron chi connectivity index (χ2n) is 2.06. The highest BCUT2D eigenvalue weighted by Gasteiger charge is 1.89. The monoisotopic (exact) mass is 176 g/mol. The van der Waals surface area contributed by atoms with E-state index in [1.54, 1.807) is 7.05 Å². The van der Waals surface area contributed by atoms with Gasteiger partial charge in [0.05, 0.1) is 0 Å². The quantitative estimate of drug-likeness (QED) is 0.472. The van der Waals surface area contributed by atoms with E-state index >= 15 is 0 Å². The molecule has 3 nitrogen and oxygen atoms in total. The first-order valence-corrected chi connectivity index (χ1v) is 4.25. The van der Waals surface area contributed by atoms with E-state index in [-0.39, 0.29) is 0 Å². The Balaban J connectivity index is 2.95. The van der Waals surface area contributed by atoms with Gasteiger partial charge in [-0.25, -0.2) is 0 Å². The molecule has 0 aliphatic carbocycles. The van der Waals surface area contributed by atoms with Gasteiger partial charge in [0.25, 0.3) is 0 Å². The van der Waals surface area contributed by atoms with Gasteiger partial charge in [-0.3, -0.25) is 0 Å². The fraction of sp³-hybridized carbons (Fsp3) is 0.857. The summed E-state index contributed by atoms with van der Waals surface area (Å²) in [4.78, 5) is 0. The number of rotatable bonds is 5. The van der Waals surface area contributed by atoms with Gasteiger partial charge in [0.2, 0.25) is 0 Å². The SMILES string of the molecule is CCOCCCNC(=S)NC. The van der Waals surface area contributed by atoms with Crippen LogP contribution in [0.4, 0.5) is 0 Å². The molecule has 0 heterocycles. The minimum atomic E-state index is 0.696. The average molecular weight is 176 g/mol. The molecule has 0 radical (unpaired) electrons. The van der Waals surface area contributed by atoms with Crippen LogP contribution in [0.25, 0.3) is 0 Å². The summed E-state index contributed by atoms with van der Waals surface area (Å²) >= 11 is 4.87. The van der Waals surface area contributed by atoms with Crippen LogP contribution < -0.4 is 10.6 Å². The zero-order valence-electron chi connectivity index (χ0n) is 7.14.